The van der Waals surface area contributed by atoms with Crippen LogP contribution in [0.5, 0.6) is 0 Å². The zero-order valence-electron chi connectivity index (χ0n) is 10.1. The lowest BCUT2D eigenvalue weighted by Crippen LogP contribution is -2.28. The summed E-state index contributed by atoms with van der Waals surface area (Å²) >= 11 is 0. The Bertz CT molecular complexity index is 451. The van der Waals surface area contributed by atoms with E-state index in [0.29, 0.717) is 0 Å². The van der Waals surface area contributed by atoms with Gasteiger partial charge < -0.3 is 10.1 Å². The van der Waals surface area contributed by atoms with Gasteiger partial charge in [-0.05, 0) is 5.56 Å². The summed E-state index contributed by atoms with van der Waals surface area (Å²) in [6.45, 7) is 1.11. The Kier molecular flexibility index (Phi) is 5.39. The van der Waals surface area contributed by atoms with E-state index < -0.39 is 12.0 Å². The Morgan fingerprint density at radius 1 is 1.39 bits per heavy atom. The molecule has 1 aromatic carbocycles. The smallest absolute Gasteiger partial charge is 0.309 e. The van der Waals surface area contributed by atoms with Crippen LogP contribution in [0.2, 0.25) is 0 Å². The van der Waals surface area contributed by atoms with Gasteiger partial charge in [-0.2, -0.15) is 5.26 Å². The molecule has 1 rings (SSSR count). The molecule has 0 bridgehead atoms. The zero-order chi connectivity index (χ0) is 13.4. The fraction of sp³-hybridized carbons (Fsp3) is 0.308. The van der Waals surface area contributed by atoms with E-state index in [2.05, 4.69) is 10.1 Å². The Labute approximate surface area is 105 Å². The van der Waals surface area contributed by atoms with Crippen LogP contribution in [0.1, 0.15) is 24.9 Å². The van der Waals surface area contributed by atoms with E-state index in [9.17, 15) is 9.59 Å². The Morgan fingerprint density at radius 2 is 2.06 bits per heavy atom. The molecule has 0 fully saturated rings. The van der Waals surface area contributed by atoms with Crippen molar-refractivity contribution in [2.75, 3.05) is 6.61 Å². The molecule has 18 heavy (non-hydrogen) atoms. The highest BCUT2D eigenvalue weighted by atomic mass is 16.5. The molecular formula is C13H14N2O3. The molecular weight excluding hydrogens is 232 g/mol. The SMILES string of the molecule is CC(=O)N[C@@H](CC(=O)OCC#N)c1ccccc1. The molecule has 0 saturated carbocycles. The van der Waals surface area contributed by atoms with Gasteiger partial charge in [0.15, 0.2) is 6.61 Å². The zero-order valence-corrected chi connectivity index (χ0v) is 10.1. The fourth-order valence-electron chi connectivity index (χ4n) is 1.52. The van der Waals surface area contributed by atoms with Gasteiger partial charge in [0.25, 0.3) is 0 Å². The number of benzene rings is 1. The molecule has 0 aliphatic rings. The van der Waals surface area contributed by atoms with Crippen LogP contribution in [0.25, 0.3) is 0 Å². The normalized spacial score (nSPS) is 11.1. The second kappa shape index (κ2) is 7.07. The average molecular weight is 246 g/mol. The Morgan fingerprint density at radius 3 is 2.61 bits per heavy atom. The monoisotopic (exact) mass is 246 g/mol. The fourth-order valence-corrected chi connectivity index (χ4v) is 1.52. The van der Waals surface area contributed by atoms with Crippen molar-refractivity contribution in [2.45, 2.75) is 19.4 Å². The highest BCUT2D eigenvalue weighted by molar-refractivity contribution is 5.76. The van der Waals surface area contributed by atoms with E-state index in [0.717, 1.165) is 5.56 Å². The molecule has 0 radical (unpaired) electrons. The van der Waals surface area contributed by atoms with Gasteiger partial charge in [-0.3, -0.25) is 9.59 Å². The van der Waals surface area contributed by atoms with Gasteiger partial charge in [0.1, 0.15) is 6.07 Å². The lowest BCUT2D eigenvalue weighted by molar-refractivity contribution is -0.143. The largest absolute Gasteiger partial charge is 0.450 e. The molecule has 1 amide bonds. The average Bonchev–Trinajstić information content (AvgIpc) is 2.36. The number of rotatable bonds is 5. The second-order valence-corrected chi connectivity index (χ2v) is 3.69. The Balaban J connectivity index is 2.71. The highest BCUT2D eigenvalue weighted by Crippen LogP contribution is 2.16. The summed E-state index contributed by atoms with van der Waals surface area (Å²) in [6, 6.07) is 10.4. The summed E-state index contributed by atoms with van der Waals surface area (Å²) in [5, 5.41) is 11.0. The van der Waals surface area contributed by atoms with Crippen molar-refractivity contribution in [1.29, 1.82) is 5.26 Å². The Hall–Kier alpha value is -2.35. The van der Waals surface area contributed by atoms with Crippen molar-refractivity contribution >= 4 is 11.9 Å². The van der Waals surface area contributed by atoms with Crippen molar-refractivity contribution in [3.05, 3.63) is 35.9 Å². The van der Waals surface area contributed by atoms with E-state index in [-0.39, 0.29) is 18.9 Å². The molecule has 1 atom stereocenters. The van der Waals surface area contributed by atoms with Gasteiger partial charge in [-0.1, -0.05) is 30.3 Å². The number of carbonyl (C=O) groups excluding carboxylic acids is 2. The number of amides is 1. The van der Waals surface area contributed by atoms with Crippen molar-refractivity contribution in [3.8, 4) is 6.07 Å². The maximum atomic E-state index is 11.4. The molecule has 0 aliphatic carbocycles. The van der Waals surface area contributed by atoms with Crippen LogP contribution in [-0.2, 0) is 14.3 Å². The minimum absolute atomic E-state index is 0.00523. The maximum Gasteiger partial charge on any atom is 0.309 e. The van der Waals surface area contributed by atoms with E-state index >= 15 is 0 Å². The summed E-state index contributed by atoms with van der Waals surface area (Å²) < 4.78 is 4.67. The van der Waals surface area contributed by atoms with Crippen LogP contribution in [-0.4, -0.2) is 18.5 Å². The van der Waals surface area contributed by atoms with Gasteiger partial charge in [0, 0.05) is 6.92 Å². The van der Waals surface area contributed by atoms with E-state index in [1.54, 1.807) is 6.07 Å². The highest BCUT2D eigenvalue weighted by Gasteiger charge is 2.17. The molecule has 94 valence electrons. The number of hydrogen-bond donors (Lipinski definition) is 1. The number of nitrogens with one attached hydrogen (secondary N) is 1. The molecule has 1 N–H and O–H groups in total. The number of nitriles is 1. The van der Waals surface area contributed by atoms with E-state index in [4.69, 9.17) is 5.26 Å². The number of carbonyl (C=O) groups is 2. The summed E-state index contributed by atoms with van der Waals surface area (Å²) in [5.41, 5.74) is 0.821. The first-order valence-electron chi connectivity index (χ1n) is 5.48. The topological polar surface area (TPSA) is 79.2 Å². The summed E-state index contributed by atoms with van der Waals surface area (Å²) in [6.07, 6.45) is 0.00523. The van der Waals surface area contributed by atoms with Crippen molar-refractivity contribution in [3.63, 3.8) is 0 Å². The van der Waals surface area contributed by atoms with E-state index in [1.165, 1.54) is 6.92 Å². The molecule has 5 heteroatoms. The molecule has 0 aromatic heterocycles. The van der Waals surface area contributed by atoms with Gasteiger partial charge in [-0.15, -0.1) is 0 Å². The third kappa shape index (κ3) is 4.66. The minimum Gasteiger partial charge on any atom is -0.450 e. The van der Waals surface area contributed by atoms with Crippen molar-refractivity contribution < 1.29 is 14.3 Å². The maximum absolute atomic E-state index is 11.4. The standard InChI is InChI=1S/C13H14N2O3/c1-10(16)15-12(9-13(17)18-8-7-14)11-5-3-2-4-6-11/h2-6,12H,8-9H2,1H3,(H,15,16)/t12-/m0/s1. The lowest BCUT2D eigenvalue weighted by Gasteiger charge is -2.17. The predicted octanol–water partition coefficient (Wildman–Crippen LogP) is 1.32. The third-order valence-corrected chi connectivity index (χ3v) is 2.25. The summed E-state index contributed by atoms with van der Waals surface area (Å²) in [5.74, 6) is -0.740. The third-order valence-electron chi connectivity index (χ3n) is 2.25. The predicted molar refractivity (Wildman–Crippen MR) is 64.2 cm³/mol. The van der Waals surface area contributed by atoms with Crippen molar-refractivity contribution in [2.24, 2.45) is 0 Å². The van der Waals surface area contributed by atoms with Crippen LogP contribution in [0.4, 0.5) is 0 Å². The minimum atomic E-state index is -0.515. The molecule has 0 aliphatic heterocycles. The second-order valence-electron chi connectivity index (χ2n) is 3.69. The van der Waals surface area contributed by atoms with Gasteiger partial charge in [0.05, 0.1) is 12.5 Å². The van der Waals surface area contributed by atoms with Crippen LogP contribution >= 0.6 is 0 Å². The summed E-state index contributed by atoms with van der Waals surface area (Å²) in [4.78, 5) is 22.5. The molecule has 0 spiro atoms. The summed E-state index contributed by atoms with van der Waals surface area (Å²) in [7, 11) is 0. The van der Waals surface area contributed by atoms with Gasteiger partial charge in [-0.25, -0.2) is 0 Å². The molecule has 5 nitrogen and oxygen atoms in total. The first-order chi connectivity index (χ1) is 8.63. The molecule has 0 saturated heterocycles. The number of ether oxygens (including phenoxy) is 1. The number of nitrogens with zero attached hydrogens (tertiary/aromatic N) is 1. The lowest BCUT2D eigenvalue weighted by atomic mass is 10.0. The number of esters is 1. The quantitative estimate of drug-likeness (QED) is 0.795. The molecule has 0 unspecified atom stereocenters. The van der Waals surface area contributed by atoms with Crippen molar-refractivity contribution in [1.82, 2.24) is 5.32 Å². The van der Waals surface area contributed by atoms with Gasteiger partial charge in [0.2, 0.25) is 5.91 Å². The van der Waals surface area contributed by atoms with E-state index in [1.807, 2.05) is 30.3 Å². The molecule has 0 heterocycles. The first-order valence-corrected chi connectivity index (χ1v) is 5.48. The van der Waals surface area contributed by atoms with Crippen LogP contribution in [0, 0.1) is 11.3 Å². The number of hydrogen-bond acceptors (Lipinski definition) is 4. The van der Waals surface area contributed by atoms with Crippen LogP contribution in [0.3, 0.4) is 0 Å². The van der Waals surface area contributed by atoms with Gasteiger partial charge >= 0.3 is 5.97 Å². The first kappa shape index (κ1) is 13.7. The molecule has 1 aromatic rings. The van der Waals surface area contributed by atoms with Crippen LogP contribution in [0.15, 0.2) is 30.3 Å². The van der Waals surface area contributed by atoms with Crippen LogP contribution < -0.4 is 5.32 Å².